The van der Waals surface area contributed by atoms with Crippen LogP contribution in [0.3, 0.4) is 0 Å². The van der Waals surface area contributed by atoms with Crippen LogP contribution in [0.25, 0.3) is 0 Å². The number of carbonyl (C=O) groups excluding carboxylic acids is 1. The van der Waals surface area contributed by atoms with Gasteiger partial charge in [0, 0.05) is 5.56 Å². The van der Waals surface area contributed by atoms with Gasteiger partial charge in [-0.1, -0.05) is 13.0 Å². The number of rotatable bonds is 1. The summed E-state index contributed by atoms with van der Waals surface area (Å²) in [5.74, 6) is 0.285. The van der Waals surface area contributed by atoms with Crippen molar-refractivity contribution in [2.24, 2.45) is 0 Å². The predicted octanol–water partition coefficient (Wildman–Crippen LogP) is 1.62. The van der Waals surface area contributed by atoms with E-state index in [0.717, 1.165) is 17.5 Å². The Balaban J connectivity index is 2.11. The van der Waals surface area contributed by atoms with E-state index in [1.54, 1.807) is 12.1 Å². The first kappa shape index (κ1) is 12.0. The molecule has 20 heavy (non-hydrogen) atoms. The van der Waals surface area contributed by atoms with Gasteiger partial charge in [0.05, 0.1) is 11.0 Å². The predicted molar refractivity (Wildman–Crippen MR) is 71.9 cm³/mol. The number of phenols is 1. The Morgan fingerprint density at radius 1 is 1.45 bits per heavy atom. The molecule has 0 saturated heterocycles. The number of aliphatic hydroxyl groups is 1. The Labute approximate surface area is 116 Å². The third-order valence-electron chi connectivity index (χ3n) is 5.24. The number of hydrogen-bond donors (Lipinski definition) is 2. The first-order valence-corrected chi connectivity index (χ1v) is 7.01. The molecule has 4 heteroatoms. The fourth-order valence-corrected chi connectivity index (χ4v) is 4.28. The molecule has 0 saturated carbocycles. The van der Waals surface area contributed by atoms with Crippen molar-refractivity contribution in [2.75, 3.05) is 0 Å². The van der Waals surface area contributed by atoms with E-state index in [9.17, 15) is 15.0 Å². The van der Waals surface area contributed by atoms with Crippen LogP contribution in [0.2, 0.25) is 0 Å². The molecular weight excluding hydrogens is 256 g/mol. The van der Waals surface area contributed by atoms with Gasteiger partial charge >= 0.3 is 0 Å². The smallest absolute Gasteiger partial charge is 0.196 e. The largest absolute Gasteiger partial charge is 0.504 e. The molecule has 0 radical (unpaired) electrons. The van der Waals surface area contributed by atoms with E-state index in [1.165, 1.54) is 6.08 Å². The first-order chi connectivity index (χ1) is 9.53. The number of aryl methyl sites for hydroxylation is 1. The van der Waals surface area contributed by atoms with Crippen molar-refractivity contribution >= 4 is 5.78 Å². The molecule has 4 rings (SSSR count). The van der Waals surface area contributed by atoms with Crippen LogP contribution in [-0.2, 0) is 16.6 Å². The molecule has 0 spiro atoms. The molecule has 1 heterocycles. The summed E-state index contributed by atoms with van der Waals surface area (Å²) in [4.78, 5) is 12.2. The van der Waals surface area contributed by atoms with Crippen molar-refractivity contribution < 1.29 is 19.7 Å². The highest BCUT2D eigenvalue weighted by molar-refractivity contribution is 5.98. The van der Waals surface area contributed by atoms with Gasteiger partial charge in [-0.3, -0.25) is 4.79 Å². The van der Waals surface area contributed by atoms with Crippen LogP contribution in [0.15, 0.2) is 24.3 Å². The van der Waals surface area contributed by atoms with Crippen LogP contribution in [0, 0.1) is 0 Å². The highest BCUT2D eigenvalue weighted by Gasteiger charge is 2.65. The average Bonchev–Trinajstić information content (AvgIpc) is 2.82. The standard InChI is InChI=1S/C16H16O4/c1-2-16-12-9-3-4-10(17)13(12)20-14(16)11(18)6-8-15(16,19)7-5-9/h3-4,6,8,14,17,19H,2,5,7H2,1H3. The molecule has 0 amide bonds. The number of phenolic OH excluding ortho intramolecular Hbond substituents is 1. The van der Waals surface area contributed by atoms with Gasteiger partial charge in [0.25, 0.3) is 0 Å². The van der Waals surface area contributed by atoms with E-state index in [0.29, 0.717) is 18.6 Å². The molecule has 1 aliphatic heterocycles. The first-order valence-electron chi connectivity index (χ1n) is 7.01. The summed E-state index contributed by atoms with van der Waals surface area (Å²) < 4.78 is 5.79. The van der Waals surface area contributed by atoms with Gasteiger partial charge in [-0.25, -0.2) is 0 Å². The van der Waals surface area contributed by atoms with Crippen molar-refractivity contribution in [3.8, 4) is 11.5 Å². The second-order valence-corrected chi connectivity index (χ2v) is 5.93. The van der Waals surface area contributed by atoms with Gasteiger partial charge in [-0.2, -0.15) is 0 Å². The van der Waals surface area contributed by atoms with Crippen LogP contribution < -0.4 is 4.74 Å². The molecular formula is C16H16O4. The number of benzene rings is 1. The fourth-order valence-electron chi connectivity index (χ4n) is 4.28. The Kier molecular flexibility index (Phi) is 2.06. The van der Waals surface area contributed by atoms with Crippen LogP contribution >= 0.6 is 0 Å². The molecule has 104 valence electrons. The highest BCUT2D eigenvalue weighted by atomic mass is 16.5. The number of ketones is 1. The van der Waals surface area contributed by atoms with Crippen LogP contribution in [0.1, 0.15) is 30.9 Å². The Hall–Kier alpha value is -1.81. The molecule has 0 fully saturated rings. The SMILES string of the molecule is CCC12c3c4ccc(O)c3OC1C(=O)C=CC2(O)CC4. The maximum atomic E-state index is 12.2. The van der Waals surface area contributed by atoms with E-state index >= 15 is 0 Å². The summed E-state index contributed by atoms with van der Waals surface area (Å²) in [7, 11) is 0. The van der Waals surface area contributed by atoms with E-state index < -0.39 is 17.1 Å². The fraction of sp³-hybridized carbons (Fsp3) is 0.438. The zero-order chi connectivity index (χ0) is 14.1. The summed E-state index contributed by atoms with van der Waals surface area (Å²) in [6, 6.07) is 3.48. The maximum absolute atomic E-state index is 12.2. The highest BCUT2D eigenvalue weighted by Crippen LogP contribution is 2.60. The normalized spacial score (nSPS) is 36.7. The van der Waals surface area contributed by atoms with Gasteiger partial charge in [-0.05, 0) is 43.0 Å². The summed E-state index contributed by atoms with van der Waals surface area (Å²) in [6.07, 6.45) is 4.20. The molecule has 0 aromatic heterocycles. The lowest BCUT2D eigenvalue weighted by atomic mass is 9.55. The minimum atomic E-state index is -1.08. The lowest BCUT2D eigenvalue weighted by molar-refractivity contribution is -0.132. The molecule has 0 bridgehead atoms. The second-order valence-electron chi connectivity index (χ2n) is 5.93. The van der Waals surface area contributed by atoms with Crippen LogP contribution in [0.5, 0.6) is 11.5 Å². The minimum Gasteiger partial charge on any atom is -0.504 e. The lowest BCUT2D eigenvalue weighted by Crippen LogP contribution is -2.62. The minimum absolute atomic E-state index is 0.0445. The molecule has 1 aromatic rings. The van der Waals surface area contributed by atoms with E-state index in [1.807, 2.05) is 13.0 Å². The number of carbonyl (C=O) groups is 1. The van der Waals surface area contributed by atoms with Crippen molar-refractivity contribution in [1.82, 2.24) is 0 Å². The van der Waals surface area contributed by atoms with Crippen molar-refractivity contribution in [3.05, 3.63) is 35.4 Å². The Morgan fingerprint density at radius 3 is 3.00 bits per heavy atom. The van der Waals surface area contributed by atoms with Gasteiger partial charge in [-0.15, -0.1) is 0 Å². The molecule has 3 atom stereocenters. The average molecular weight is 272 g/mol. The van der Waals surface area contributed by atoms with Crippen molar-refractivity contribution in [1.29, 1.82) is 0 Å². The quantitative estimate of drug-likeness (QED) is 0.815. The zero-order valence-electron chi connectivity index (χ0n) is 11.2. The summed E-state index contributed by atoms with van der Waals surface area (Å²) >= 11 is 0. The van der Waals surface area contributed by atoms with E-state index in [-0.39, 0.29) is 11.5 Å². The number of ether oxygens (including phenoxy) is 1. The molecule has 2 N–H and O–H groups in total. The monoisotopic (exact) mass is 272 g/mol. The van der Waals surface area contributed by atoms with Gasteiger partial charge in [0.1, 0.15) is 0 Å². The molecule has 1 aromatic carbocycles. The zero-order valence-corrected chi connectivity index (χ0v) is 11.2. The van der Waals surface area contributed by atoms with Gasteiger partial charge in [0.2, 0.25) is 0 Å². The summed E-state index contributed by atoms with van der Waals surface area (Å²) in [5.41, 5.74) is 0.0544. The Bertz CT molecular complexity index is 663. The van der Waals surface area contributed by atoms with Crippen LogP contribution in [0.4, 0.5) is 0 Å². The van der Waals surface area contributed by atoms with Gasteiger partial charge < -0.3 is 14.9 Å². The van der Waals surface area contributed by atoms with Crippen molar-refractivity contribution in [2.45, 2.75) is 43.3 Å². The molecule has 4 nitrogen and oxygen atoms in total. The second kappa shape index (κ2) is 3.44. The number of hydrogen-bond acceptors (Lipinski definition) is 4. The van der Waals surface area contributed by atoms with E-state index in [4.69, 9.17) is 4.74 Å². The lowest BCUT2D eigenvalue weighted by Gasteiger charge is -2.50. The van der Waals surface area contributed by atoms with E-state index in [2.05, 4.69) is 0 Å². The topological polar surface area (TPSA) is 66.8 Å². The third-order valence-corrected chi connectivity index (χ3v) is 5.24. The number of aromatic hydroxyl groups is 1. The molecule has 3 unspecified atom stereocenters. The third kappa shape index (κ3) is 1.07. The molecule has 3 aliphatic rings. The maximum Gasteiger partial charge on any atom is 0.196 e. The summed E-state index contributed by atoms with van der Waals surface area (Å²) in [6.45, 7) is 1.96. The van der Waals surface area contributed by atoms with Crippen LogP contribution in [-0.4, -0.2) is 27.7 Å². The van der Waals surface area contributed by atoms with Gasteiger partial charge in [0.15, 0.2) is 23.4 Å². The Morgan fingerprint density at radius 2 is 2.25 bits per heavy atom. The molecule has 2 aliphatic carbocycles. The summed E-state index contributed by atoms with van der Waals surface area (Å²) in [5, 5.41) is 21.2. The van der Waals surface area contributed by atoms with Crippen molar-refractivity contribution in [3.63, 3.8) is 0 Å².